The number of alkyl halides is 3. The average Bonchev–Trinajstić information content (AvgIpc) is 3.36. The Labute approximate surface area is 206 Å². The number of hydrogen-bond acceptors (Lipinski definition) is 9. The third-order valence-electron chi connectivity index (χ3n) is 6.65. The Balaban J connectivity index is 1.26. The molecule has 1 aromatic heterocycles. The number of hydrazine groups is 1. The highest BCUT2D eigenvalue weighted by Gasteiger charge is 2.41. The number of likely N-dealkylation sites (tertiary alicyclic amines) is 1. The molecule has 1 unspecified atom stereocenters. The number of morpholine rings is 1. The molecule has 11 nitrogen and oxygen atoms in total. The van der Waals surface area contributed by atoms with Gasteiger partial charge < -0.3 is 24.0 Å². The third-order valence-corrected chi connectivity index (χ3v) is 6.65. The predicted molar refractivity (Wildman–Crippen MR) is 120 cm³/mol. The predicted octanol–water partition coefficient (Wildman–Crippen LogP) is 1.42. The van der Waals surface area contributed by atoms with Gasteiger partial charge in [-0.1, -0.05) is 0 Å². The van der Waals surface area contributed by atoms with E-state index in [2.05, 4.69) is 15.0 Å². The number of aromatic nitrogens is 2. The molecule has 0 aliphatic carbocycles. The Morgan fingerprint density at radius 3 is 2.69 bits per heavy atom. The number of ether oxygens (including phenoxy) is 3. The SMILES string of the molecule is COC1=NCN(N2CCc3ncnc(OC4CCN(C(=O)N5CCOCC5)C4)c3C2)C=C1C(F)(F)F. The first-order valence-corrected chi connectivity index (χ1v) is 11.8. The standard InChI is InChI=1S/C22H28F3N7O4/c1-34-20-17(22(23,24)25)12-32(14-28-20)31-5-3-18-16(11-31)19(27-13-26-18)36-15-2-4-30(10-15)21(33)29-6-8-35-9-7-29/h12-13,15H,2-11,14H2,1H3. The van der Waals surface area contributed by atoms with E-state index in [0.29, 0.717) is 64.7 Å². The molecule has 0 spiro atoms. The molecule has 4 aliphatic rings. The number of fused-ring (bicyclic) bond motifs is 1. The monoisotopic (exact) mass is 511 g/mol. The average molecular weight is 512 g/mol. The zero-order chi connectivity index (χ0) is 25.3. The second-order valence-corrected chi connectivity index (χ2v) is 8.89. The van der Waals surface area contributed by atoms with Crippen LogP contribution in [0, 0.1) is 0 Å². The van der Waals surface area contributed by atoms with Crippen LogP contribution in [0.4, 0.5) is 18.0 Å². The molecule has 2 amide bonds. The van der Waals surface area contributed by atoms with Crippen molar-refractivity contribution in [3.05, 3.63) is 29.4 Å². The van der Waals surface area contributed by atoms with Crippen molar-refractivity contribution in [2.45, 2.75) is 31.7 Å². The molecule has 5 rings (SSSR count). The van der Waals surface area contributed by atoms with E-state index in [1.54, 1.807) is 14.8 Å². The Hall–Kier alpha value is -3.13. The maximum Gasteiger partial charge on any atom is 0.423 e. The molecule has 0 radical (unpaired) electrons. The first-order valence-electron chi connectivity index (χ1n) is 11.8. The molecule has 1 aromatic rings. The molecule has 0 saturated carbocycles. The molecule has 1 atom stereocenters. The van der Waals surface area contributed by atoms with Gasteiger partial charge in [-0.05, 0) is 0 Å². The molecule has 36 heavy (non-hydrogen) atoms. The molecule has 2 fully saturated rings. The molecule has 5 heterocycles. The summed E-state index contributed by atoms with van der Waals surface area (Å²) >= 11 is 0. The Kier molecular flexibility index (Phi) is 6.88. The maximum absolute atomic E-state index is 13.5. The third kappa shape index (κ3) is 5.05. The molecular formula is C22H28F3N7O4. The topological polar surface area (TPSA) is 95.9 Å². The van der Waals surface area contributed by atoms with Crippen LogP contribution in [-0.4, -0.2) is 114 Å². The van der Waals surface area contributed by atoms with Crippen LogP contribution in [0.25, 0.3) is 0 Å². The number of rotatable bonds is 3. The first-order chi connectivity index (χ1) is 17.3. The fraction of sp³-hybridized carbons (Fsp3) is 0.636. The van der Waals surface area contributed by atoms with Crippen LogP contribution in [0.5, 0.6) is 5.88 Å². The number of methoxy groups -OCH3 is 1. The van der Waals surface area contributed by atoms with Gasteiger partial charge in [0.2, 0.25) is 11.8 Å². The summed E-state index contributed by atoms with van der Waals surface area (Å²) in [5.74, 6) is -0.0329. The lowest BCUT2D eigenvalue weighted by molar-refractivity contribution is -0.0927. The van der Waals surface area contributed by atoms with E-state index in [0.717, 1.165) is 17.5 Å². The number of urea groups is 1. The fourth-order valence-electron chi connectivity index (χ4n) is 4.74. The van der Waals surface area contributed by atoms with Crippen molar-refractivity contribution in [2.24, 2.45) is 4.99 Å². The van der Waals surface area contributed by atoms with Crippen molar-refractivity contribution in [1.29, 1.82) is 0 Å². The van der Waals surface area contributed by atoms with Crippen LogP contribution in [0.3, 0.4) is 0 Å². The molecule has 0 N–H and O–H groups in total. The molecule has 2 saturated heterocycles. The highest BCUT2D eigenvalue weighted by Crippen LogP contribution is 2.32. The lowest BCUT2D eigenvalue weighted by Crippen LogP contribution is -2.47. The second-order valence-electron chi connectivity index (χ2n) is 8.89. The van der Waals surface area contributed by atoms with Gasteiger partial charge in [-0.3, -0.25) is 5.01 Å². The lowest BCUT2D eigenvalue weighted by Gasteiger charge is -2.38. The van der Waals surface area contributed by atoms with Crippen LogP contribution in [-0.2, 0) is 22.4 Å². The maximum atomic E-state index is 13.5. The summed E-state index contributed by atoms with van der Waals surface area (Å²) in [5, 5.41) is 3.20. The molecular weight excluding hydrogens is 483 g/mol. The Bertz CT molecular complexity index is 1040. The van der Waals surface area contributed by atoms with Gasteiger partial charge in [0, 0.05) is 45.2 Å². The molecule has 0 bridgehead atoms. The Morgan fingerprint density at radius 2 is 1.94 bits per heavy atom. The molecule has 0 aromatic carbocycles. The van der Waals surface area contributed by atoms with Crippen LogP contribution in [0.1, 0.15) is 17.7 Å². The molecule has 14 heteroatoms. The first kappa shape index (κ1) is 24.6. The largest absolute Gasteiger partial charge is 0.481 e. The molecule has 4 aliphatic heterocycles. The van der Waals surface area contributed by atoms with E-state index in [9.17, 15) is 18.0 Å². The zero-order valence-electron chi connectivity index (χ0n) is 19.9. The number of carbonyl (C=O) groups excluding carboxylic acids is 1. The summed E-state index contributed by atoms with van der Waals surface area (Å²) in [4.78, 5) is 29.0. The van der Waals surface area contributed by atoms with Gasteiger partial charge in [-0.2, -0.15) is 13.2 Å². The van der Waals surface area contributed by atoms with E-state index in [4.69, 9.17) is 14.2 Å². The van der Waals surface area contributed by atoms with E-state index in [1.807, 2.05) is 0 Å². The van der Waals surface area contributed by atoms with Crippen molar-refractivity contribution in [2.75, 3.05) is 59.7 Å². The van der Waals surface area contributed by atoms with Gasteiger partial charge in [-0.15, -0.1) is 0 Å². The highest BCUT2D eigenvalue weighted by atomic mass is 19.4. The lowest BCUT2D eigenvalue weighted by atomic mass is 10.1. The van der Waals surface area contributed by atoms with Gasteiger partial charge in [0.1, 0.15) is 24.7 Å². The number of carbonyl (C=O) groups is 1. The smallest absolute Gasteiger partial charge is 0.423 e. The van der Waals surface area contributed by atoms with Crippen molar-refractivity contribution in [3.8, 4) is 5.88 Å². The van der Waals surface area contributed by atoms with E-state index in [1.165, 1.54) is 18.4 Å². The van der Waals surface area contributed by atoms with Crippen LogP contribution in [0.15, 0.2) is 23.1 Å². The van der Waals surface area contributed by atoms with Gasteiger partial charge in [0.05, 0.1) is 44.7 Å². The quantitative estimate of drug-likeness (QED) is 0.602. The second kappa shape index (κ2) is 10.1. The summed E-state index contributed by atoms with van der Waals surface area (Å²) in [5.41, 5.74) is 0.595. The summed E-state index contributed by atoms with van der Waals surface area (Å²) in [6, 6.07) is -0.0198. The van der Waals surface area contributed by atoms with Crippen molar-refractivity contribution in [1.82, 2.24) is 29.8 Å². The van der Waals surface area contributed by atoms with E-state index >= 15 is 0 Å². The van der Waals surface area contributed by atoms with Crippen molar-refractivity contribution < 1.29 is 32.2 Å². The van der Waals surface area contributed by atoms with Crippen molar-refractivity contribution in [3.63, 3.8) is 0 Å². The summed E-state index contributed by atoms with van der Waals surface area (Å²) in [7, 11) is 1.17. The summed E-state index contributed by atoms with van der Waals surface area (Å²) in [6.07, 6.45) is -1.18. The number of nitrogens with zero attached hydrogens (tertiary/aromatic N) is 7. The molecule has 196 valence electrons. The van der Waals surface area contributed by atoms with Gasteiger partial charge in [-0.25, -0.2) is 24.8 Å². The normalized spacial score (nSPS) is 23.2. The van der Waals surface area contributed by atoms with Gasteiger partial charge in [0.15, 0.2) is 0 Å². The number of hydrogen-bond donors (Lipinski definition) is 0. The zero-order valence-corrected chi connectivity index (χ0v) is 19.9. The van der Waals surface area contributed by atoms with Crippen LogP contribution < -0.4 is 4.74 Å². The minimum Gasteiger partial charge on any atom is -0.481 e. The summed E-state index contributed by atoms with van der Waals surface area (Å²) < 4.78 is 56.9. The van der Waals surface area contributed by atoms with Crippen LogP contribution >= 0.6 is 0 Å². The van der Waals surface area contributed by atoms with Crippen molar-refractivity contribution >= 4 is 11.9 Å². The van der Waals surface area contributed by atoms with Crippen LogP contribution in [0.2, 0.25) is 0 Å². The fourth-order valence-corrected chi connectivity index (χ4v) is 4.74. The minimum absolute atomic E-state index is 0.00318. The van der Waals surface area contributed by atoms with Gasteiger partial charge in [0.25, 0.3) is 0 Å². The number of halogens is 3. The minimum atomic E-state index is -4.59. The number of aliphatic imine (C=N–C) groups is 1. The van der Waals surface area contributed by atoms with E-state index in [-0.39, 0.29) is 25.3 Å². The Morgan fingerprint density at radius 1 is 1.14 bits per heavy atom. The highest BCUT2D eigenvalue weighted by molar-refractivity contribution is 5.95. The van der Waals surface area contributed by atoms with Gasteiger partial charge >= 0.3 is 12.2 Å². The van der Waals surface area contributed by atoms with E-state index < -0.39 is 17.6 Å². The summed E-state index contributed by atoms with van der Waals surface area (Å²) in [6.45, 7) is 4.00. The number of amides is 2.